The van der Waals surface area contributed by atoms with Crippen LogP contribution in [0.1, 0.15) is 34.6 Å². The summed E-state index contributed by atoms with van der Waals surface area (Å²) >= 11 is 0. The molecule has 31 heavy (non-hydrogen) atoms. The van der Waals surface area contributed by atoms with Gasteiger partial charge in [0.2, 0.25) is 5.91 Å². The Kier molecular flexibility index (Phi) is 7.04. The van der Waals surface area contributed by atoms with E-state index in [0.29, 0.717) is 49.4 Å². The summed E-state index contributed by atoms with van der Waals surface area (Å²) in [7, 11) is 3.90. The molecule has 1 N–H and O–H groups in total. The van der Waals surface area contributed by atoms with E-state index in [4.69, 9.17) is 0 Å². The lowest BCUT2D eigenvalue weighted by Crippen LogP contribution is -2.44. The third-order valence-electron chi connectivity index (χ3n) is 5.65. The van der Waals surface area contributed by atoms with Crippen LogP contribution < -0.4 is 5.32 Å². The topological polar surface area (TPSA) is 70.5 Å². The minimum Gasteiger partial charge on any atom is -0.355 e. The molecule has 1 aliphatic heterocycles. The molecule has 0 spiro atoms. The number of amides is 2. The zero-order valence-corrected chi connectivity index (χ0v) is 18.4. The molecule has 3 rings (SSSR count). The minimum absolute atomic E-state index is 0.0286. The molecular formula is C22H29F2N5O2. The van der Waals surface area contributed by atoms with Gasteiger partial charge in [-0.3, -0.25) is 9.59 Å². The Morgan fingerprint density at radius 3 is 2.48 bits per heavy atom. The van der Waals surface area contributed by atoms with Crippen LogP contribution in [0.2, 0.25) is 0 Å². The normalized spacial score (nSPS) is 14.9. The van der Waals surface area contributed by atoms with Gasteiger partial charge >= 0.3 is 0 Å². The van der Waals surface area contributed by atoms with Crippen molar-refractivity contribution < 1.29 is 18.4 Å². The fourth-order valence-corrected chi connectivity index (χ4v) is 3.89. The highest BCUT2D eigenvalue weighted by atomic mass is 19.1. The van der Waals surface area contributed by atoms with Gasteiger partial charge in [0, 0.05) is 38.2 Å². The number of nitrogens with zero attached hydrogens (tertiary/aromatic N) is 4. The summed E-state index contributed by atoms with van der Waals surface area (Å²) < 4.78 is 28.8. The molecule has 0 radical (unpaired) electrons. The van der Waals surface area contributed by atoms with E-state index in [2.05, 4.69) is 10.4 Å². The third kappa shape index (κ3) is 5.10. The molecule has 7 nitrogen and oxygen atoms in total. The first-order valence-corrected chi connectivity index (χ1v) is 10.4. The Labute approximate surface area is 181 Å². The number of hydrogen-bond donors (Lipinski definition) is 1. The number of hydrogen-bond acceptors (Lipinski definition) is 4. The zero-order valence-electron chi connectivity index (χ0n) is 18.4. The lowest BCUT2D eigenvalue weighted by atomic mass is 9.95. The molecule has 0 atom stereocenters. The maximum absolute atomic E-state index is 14.2. The largest absolute Gasteiger partial charge is 0.355 e. The molecule has 2 heterocycles. The standard InChI is InChI=1S/C22H29F2N5O2/c1-14-20(15(2)29(26-14)19-6-5-17(23)13-18(19)24)22(31)28-10-7-16(8-11-28)21(30)25-9-12-27(3)4/h5-6,13,16H,7-12H2,1-4H3,(H,25,30). The molecule has 1 aliphatic rings. The fourth-order valence-electron chi connectivity index (χ4n) is 3.89. The van der Waals surface area contributed by atoms with E-state index < -0.39 is 11.6 Å². The number of halogens is 2. The third-order valence-corrected chi connectivity index (χ3v) is 5.65. The SMILES string of the molecule is Cc1nn(-c2ccc(F)cc2F)c(C)c1C(=O)N1CCC(C(=O)NCCN(C)C)CC1. The predicted octanol–water partition coefficient (Wildman–Crippen LogP) is 2.30. The van der Waals surface area contributed by atoms with Crippen molar-refractivity contribution in [3.63, 3.8) is 0 Å². The number of rotatable bonds is 6. The van der Waals surface area contributed by atoms with Gasteiger partial charge in [0.15, 0.2) is 5.82 Å². The van der Waals surface area contributed by atoms with Gasteiger partial charge in [-0.25, -0.2) is 13.5 Å². The average molecular weight is 434 g/mol. The van der Waals surface area contributed by atoms with Gasteiger partial charge in [0.05, 0.1) is 17.0 Å². The first-order chi connectivity index (χ1) is 14.7. The molecule has 9 heteroatoms. The van der Waals surface area contributed by atoms with E-state index in [1.807, 2.05) is 19.0 Å². The summed E-state index contributed by atoms with van der Waals surface area (Å²) in [6.07, 6.45) is 1.19. The first-order valence-electron chi connectivity index (χ1n) is 10.4. The number of carbonyl (C=O) groups is 2. The highest BCUT2D eigenvalue weighted by molar-refractivity contribution is 5.96. The highest BCUT2D eigenvalue weighted by Crippen LogP contribution is 2.25. The second-order valence-electron chi connectivity index (χ2n) is 8.21. The summed E-state index contributed by atoms with van der Waals surface area (Å²) in [5, 5.41) is 7.27. The van der Waals surface area contributed by atoms with E-state index in [0.717, 1.165) is 18.7 Å². The van der Waals surface area contributed by atoms with E-state index >= 15 is 0 Å². The number of nitrogens with one attached hydrogen (secondary N) is 1. The maximum Gasteiger partial charge on any atom is 0.257 e. The van der Waals surface area contributed by atoms with Crippen LogP contribution in [0, 0.1) is 31.4 Å². The van der Waals surface area contributed by atoms with Crippen LogP contribution in [0.15, 0.2) is 18.2 Å². The van der Waals surface area contributed by atoms with E-state index in [-0.39, 0.29) is 23.4 Å². The molecule has 1 aromatic heterocycles. The molecule has 2 amide bonds. The van der Waals surface area contributed by atoms with Crippen molar-refractivity contribution in [2.45, 2.75) is 26.7 Å². The summed E-state index contributed by atoms with van der Waals surface area (Å²) in [4.78, 5) is 29.2. The van der Waals surface area contributed by atoms with Crippen molar-refractivity contribution in [2.24, 2.45) is 5.92 Å². The van der Waals surface area contributed by atoms with Crippen molar-refractivity contribution in [3.8, 4) is 5.69 Å². The second kappa shape index (κ2) is 9.55. The molecule has 1 aromatic carbocycles. The van der Waals surface area contributed by atoms with Crippen LogP contribution >= 0.6 is 0 Å². The lowest BCUT2D eigenvalue weighted by Gasteiger charge is -2.31. The van der Waals surface area contributed by atoms with Crippen LogP contribution in [-0.2, 0) is 4.79 Å². The van der Waals surface area contributed by atoms with Crippen LogP contribution in [0.4, 0.5) is 8.78 Å². The van der Waals surface area contributed by atoms with Crippen molar-refractivity contribution in [2.75, 3.05) is 40.3 Å². The van der Waals surface area contributed by atoms with Crippen LogP contribution in [0.3, 0.4) is 0 Å². The molecule has 168 valence electrons. The van der Waals surface area contributed by atoms with Gasteiger partial charge in [0.1, 0.15) is 11.5 Å². The Morgan fingerprint density at radius 1 is 1.19 bits per heavy atom. The minimum atomic E-state index is -0.745. The number of likely N-dealkylation sites (N-methyl/N-ethyl adjacent to an activating group) is 1. The molecule has 0 aliphatic carbocycles. The van der Waals surface area contributed by atoms with Crippen LogP contribution in [-0.4, -0.2) is 71.7 Å². The van der Waals surface area contributed by atoms with Gasteiger partial charge in [-0.2, -0.15) is 5.10 Å². The quantitative estimate of drug-likeness (QED) is 0.759. The Hall–Kier alpha value is -2.81. The van der Waals surface area contributed by atoms with Gasteiger partial charge in [-0.1, -0.05) is 0 Å². The first kappa shape index (κ1) is 22.9. The summed E-state index contributed by atoms with van der Waals surface area (Å²) in [5.74, 6) is -1.68. The zero-order chi connectivity index (χ0) is 22.7. The van der Waals surface area contributed by atoms with Crippen LogP contribution in [0.5, 0.6) is 0 Å². The average Bonchev–Trinajstić information content (AvgIpc) is 3.01. The lowest BCUT2D eigenvalue weighted by molar-refractivity contribution is -0.126. The predicted molar refractivity (Wildman–Crippen MR) is 113 cm³/mol. The Balaban J connectivity index is 1.68. The number of carbonyl (C=O) groups excluding carboxylic acids is 2. The Bertz CT molecular complexity index is 965. The molecule has 0 unspecified atom stereocenters. The van der Waals surface area contributed by atoms with Gasteiger partial charge in [-0.05, 0) is 52.9 Å². The monoisotopic (exact) mass is 433 g/mol. The molecule has 1 fully saturated rings. The van der Waals surface area contributed by atoms with Crippen LogP contribution in [0.25, 0.3) is 5.69 Å². The summed E-state index contributed by atoms with van der Waals surface area (Å²) in [5.41, 5.74) is 1.48. The number of benzene rings is 1. The van der Waals surface area contributed by atoms with Crippen molar-refractivity contribution >= 4 is 11.8 Å². The Morgan fingerprint density at radius 2 is 1.87 bits per heavy atom. The van der Waals surface area contributed by atoms with E-state index in [9.17, 15) is 18.4 Å². The second-order valence-corrected chi connectivity index (χ2v) is 8.21. The molecule has 1 saturated heterocycles. The smallest absolute Gasteiger partial charge is 0.257 e. The summed E-state index contributed by atoms with van der Waals surface area (Å²) in [6, 6.07) is 3.26. The molecule has 0 bridgehead atoms. The molecule has 2 aromatic rings. The van der Waals surface area contributed by atoms with Crippen molar-refractivity contribution in [3.05, 3.63) is 46.8 Å². The highest BCUT2D eigenvalue weighted by Gasteiger charge is 2.30. The van der Waals surface area contributed by atoms with Gasteiger partial charge in [-0.15, -0.1) is 0 Å². The number of likely N-dealkylation sites (tertiary alicyclic amines) is 1. The number of aromatic nitrogens is 2. The number of piperidine rings is 1. The maximum atomic E-state index is 14.2. The molecule has 0 saturated carbocycles. The number of aryl methyl sites for hydroxylation is 1. The fraction of sp³-hybridized carbons (Fsp3) is 0.500. The van der Waals surface area contributed by atoms with E-state index in [1.165, 1.54) is 10.7 Å². The van der Waals surface area contributed by atoms with Crippen molar-refractivity contribution in [1.82, 2.24) is 24.9 Å². The van der Waals surface area contributed by atoms with Crippen molar-refractivity contribution in [1.29, 1.82) is 0 Å². The molecular weight excluding hydrogens is 404 g/mol. The van der Waals surface area contributed by atoms with Gasteiger partial charge in [0.25, 0.3) is 5.91 Å². The van der Waals surface area contributed by atoms with E-state index in [1.54, 1.807) is 18.7 Å². The summed E-state index contributed by atoms with van der Waals surface area (Å²) in [6.45, 7) is 5.71. The van der Waals surface area contributed by atoms with Gasteiger partial charge < -0.3 is 15.1 Å².